The third kappa shape index (κ3) is 4.63. The number of anilines is 2. The fourth-order valence-corrected chi connectivity index (χ4v) is 3.03. The van der Waals surface area contributed by atoms with Crippen LogP contribution in [0.1, 0.15) is 44.9 Å². The summed E-state index contributed by atoms with van der Waals surface area (Å²) in [5, 5.41) is 3.36. The van der Waals surface area contributed by atoms with Crippen molar-refractivity contribution in [3.8, 4) is 0 Å². The normalized spacial score (nSPS) is 22.7. The maximum Gasteiger partial charge on any atom is 0.158 e. The largest absolute Gasteiger partial charge is 0.384 e. The van der Waals surface area contributed by atoms with E-state index in [0.717, 1.165) is 24.2 Å². The second-order valence-electron chi connectivity index (χ2n) is 5.88. The fourth-order valence-electron chi connectivity index (χ4n) is 3.03. The summed E-state index contributed by atoms with van der Waals surface area (Å²) >= 11 is 0. The molecule has 0 saturated heterocycles. The van der Waals surface area contributed by atoms with E-state index in [1.807, 2.05) is 0 Å². The smallest absolute Gasteiger partial charge is 0.158 e. The Balaban J connectivity index is 1.81. The Morgan fingerprint density at radius 3 is 3.00 bits per heavy atom. The van der Waals surface area contributed by atoms with Crippen LogP contribution < -0.4 is 11.1 Å². The molecular formula is C15H26N4O. The van der Waals surface area contributed by atoms with Crippen molar-refractivity contribution in [1.82, 2.24) is 9.97 Å². The van der Waals surface area contributed by atoms with Crippen molar-refractivity contribution in [3.63, 3.8) is 0 Å². The Bertz CT molecular complexity index is 424. The Hall–Kier alpha value is -1.36. The molecule has 1 aliphatic rings. The summed E-state index contributed by atoms with van der Waals surface area (Å²) in [5.41, 5.74) is 5.78. The Labute approximate surface area is 121 Å². The molecule has 1 heterocycles. The molecule has 1 aromatic rings. The third-order valence-electron chi connectivity index (χ3n) is 3.97. The summed E-state index contributed by atoms with van der Waals surface area (Å²) in [6.07, 6.45) is 6.71. The summed E-state index contributed by atoms with van der Waals surface area (Å²) in [5.74, 6) is 3.65. The topological polar surface area (TPSA) is 73.1 Å². The van der Waals surface area contributed by atoms with E-state index in [9.17, 15) is 0 Å². The molecule has 0 aromatic carbocycles. The molecule has 0 aliphatic heterocycles. The zero-order chi connectivity index (χ0) is 14.4. The van der Waals surface area contributed by atoms with E-state index in [1.165, 1.54) is 32.1 Å². The number of methoxy groups -OCH3 is 1. The Kier molecular flexibility index (Phi) is 5.59. The van der Waals surface area contributed by atoms with Gasteiger partial charge in [0.25, 0.3) is 0 Å². The van der Waals surface area contributed by atoms with Gasteiger partial charge in [0.15, 0.2) is 5.82 Å². The van der Waals surface area contributed by atoms with Crippen molar-refractivity contribution in [2.24, 2.45) is 11.8 Å². The lowest BCUT2D eigenvalue weighted by molar-refractivity contribution is 0.178. The van der Waals surface area contributed by atoms with E-state index >= 15 is 0 Å². The molecule has 5 heteroatoms. The first-order chi connectivity index (χ1) is 9.67. The molecule has 0 amide bonds. The van der Waals surface area contributed by atoms with Crippen LogP contribution in [0, 0.1) is 11.8 Å². The predicted octanol–water partition coefficient (Wildman–Crippen LogP) is 2.83. The van der Waals surface area contributed by atoms with Gasteiger partial charge >= 0.3 is 0 Å². The maximum absolute atomic E-state index is 5.78. The molecule has 0 spiro atoms. The van der Waals surface area contributed by atoms with Gasteiger partial charge < -0.3 is 15.8 Å². The molecule has 1 aliphatic carbocycles. The van der Waals surface area contributed by atoms with E-state index in [2.05, 4.69) is 22.2 Å². The number of nitrogens with one attached hydrogen (secondary N) is 1. The minimum absolute atomic E-state index is 0.389. The molecule has 112 valence electrons. The summed E-state index contributed by atoms with van der Waals surface area (Å²) in [6, 6.07) is 1.78. The minimum atomic E-state index is 0.389. The highest BCUT2D eigenvalue weighted by atomic mass is 16.5. The molecule has 1 fully saturated rings. The second-order valence-corrected chi connectivity index (χ2v) is 5.88. The zero-order valence-corrected chi connectivity index (χ0v) is 12.6. The van der Waals surface area contributed by atoms with Crippen molar-refractivity contribution in [2.75, 3.05) is 24.7 Å². The summed E-state index contributed by atoms with van der Waals surface area (Å²) < 4.78 is 5.04. The molecule has 1 saturated carbocycles. The van der Waals surface area contributed by atoms with Gasteiger partial charge in [0.05, 0.1) is 0 Å². The Morgan fingerprint density at radius 2 is 2.25 bits per heavy atom. The monoisotopic (exact) mass is 278 g/mol. The molecule has 0 radical (unpaired) electrons. The van der Waals surface area contributed by atoms with Gasteiger partial charge in [0.2, 0.25) is 0 Å². The molecule has 1 aromatic heterocycles. The molecule has 20 heavy (non-hydrogen) atoms. The highest BCUT2D eigenvalue weighted by Crippen LogP contribution is 2.30. The first-order valence-electron chi connectivity index (χ1n) is 7.53. The highest BCUT2D eigenvalue weighted by molar-refractivity contribution is 5.44. The van der Waals surface area contributed by atoms with Crippen molar-refractivity contribution in [3.05, 3.63) is 11.9 Å². The van der Waals surface area contributed by atoms with Crippen molar-refractivity contribution >= 4 is 11.6 Å². The average molecular weight is 278 g/mol. The lowest BCUT2D eigenvalue weighted by atomic mass is 9.81. The van der Waals surface area contributed by atoms with E-state index in [0.29, 0.717) is 18.2 Å². The SMILES string of the molecule is COCc1nc(N)cc(NCCC2CCCC(C)C2)n1. The average Bonchev–Trinajstić information content (AvgIpc) is 2.38. The van der Waals surface area contributed by atoms with Gasteiger partial charge in [-0.25, -0.2) is 9.97 Å². The van der Waals surface area contributed by atoms with Crippen molar-refractivity contribution in [1.29, 1.82) is 0 Å². The number of ether oxygens (including phenoxy) is 1. The number of hydrogen-bond acceptors (Lipinski definition) is 5. The van der Waals surface area contributed by atoms with Crippen LogP contribution in [-0.2, 0) is 11.3 Å². The van der Waals surface area contributed by atoms with E-state index in [4.69, 9.17) is 10.5 Å². The number of hydrogen-bond donors (Lipinski definition) is 2. The third-order valence-corrected chi connectivity index (χ3v) is 3.97. The van der Waals surface area contributed by atoms with Crippen LogP contribution in [0.4, 0.5) is 11.6 Å². The van der Waals surface area contributed by atoms with Crippen LogP contribution >= 0.6 is 0 Å². The van der Waals surface area contributed by atoms with E-state index in [-0.39, 0.29) is 0 Å². The Morgan fingerprint density at radius 1 is 1.40 bits per heavy atom. The van der Waals surface area contributed by atoms with Crippen LogP contribution in [0.3, 0.4) is 0 Å². The van der Waals surface area contributed by atoms with Gasteiger partial charge in [-0.2, -0.15) is 0 Å². The molecule has 2 rings (SSSR count). The number of rotatable bonds is 6. The van der Waals surface area contributed by atoms with Crippen LogP contribution in [-0.4, -0.2) is 23.6 Å². The van der Waals surface area contributed by atoms with Gasteiger partial charge in [0, 0.05) is 19.7 Å². The summed E-state index contributed by atoms with van der Waals surface area (Å²) in [6.45, 7) is 3.70. The first-order valence-corrected chi connectivity index (χ1v) is 7.53. The first kappa shape index (κ1) is 15.0. The minimum Gasteiger partial charge on any atom is -0.384 e. The lowest BCUT2D eigenvalue weighted by Gasteiger charge is -2.26. The van der Waals surface area contributed by atoms with Gasteiger partial charge in [-0.15, -0.1) is 0 Å². The van der Waals surface area contributed by atoms with Gasteiger partial charge in [0.1, 0.15) is 18.2 Å². The van der Waals surface area contributed by atoms with Gasteiger partial charge in [-0.1, -0.05) is 26.2 Å². The molecule has 2 unspecified atom stereocenters. The maximum atomic E-state index is 5.78. The predicted molar refractivity (Wildman–Crippen MR) is 81.4 cm³/mol. The van der Waals surface area contributed by atoms with Crippen LogP contribution in [0.2, 0.25) is 0 Å². The quantitative estimate of drug-likeness (QED) is 0.837. The van der Waals surface area contributed by atoms with E-state index < -0.39 is 0 Å². The number of aromatic nitrogens is 2. The second kappa shape index (κ2) is 7.43. The summed E-state index contributed by atoms with van der Waals surface area (Å²) in [4.78, 5) is 8.53. The molecule has 3 N–H and O–H groups in total. The zero-order valence-electron chi connectivity index (χ0n) is 12.6. The van der Waals surface area contributed by atoms with Gasteiger partial charge in [-0.3, -0.25) is 0 Å². The van der Waals surface area contributed by atoms with Crippen LogP contribution in [0.25, 0.3) is 0 Å². The molecule has 5 nitrogen and oxygen atoms in total. The fraction of sp³-hybridized carbons (Fsp3) is 0.733. The summed E-state index contributed by atoms with van der Waals surface area (Å²) in [7, 11) is 1.63. The number of nitrogen functional groups attached to an aromatic ring is 1. The molecular weight excluding hydrogens is 252 g/mol. The van der Waals surface area contributed by atoms with Gasteiger partial charge in [-0.05, 0) is 24.7 Å². The molecule has 2 atom stereocenters. The number of nitrogens with two attached hydrogens (primary N) is 1. The standard InChI is InChI=1S/C15H26N4O/c1-11-4-3-5-12(8-11)6-7-17-14-9-13(16)18-15(19-14)10-20-2/h9,11-12H,3-8,10H2,1-2H3,(H3,16,17,18,19). The number of nitrogens with zero attached hydrogens (tertiary/aromatic N) is 2. The highest BCUT2D eigenvalue weighted by Gasteiger charge is 2.18. The van der Waals surface area contributed by atoms with Crippen LogP contribution in [0.15, 0.2) is 6.07 Å². The van der Waals surface area contributed by atoms with Crippen molar-refractivity contribution < 1.29 is 4.74 Å². The molecule has 0 bridgehead atoms. The lowest BCUT2D eigenvalue weighted by Crippen LogP contribution is -2.17. The van der Waals surface area contributed by atoms with Crippen molar-refractivity contribution in [2.45, 2.75) is 45.6 Å². The van der Waals surface area contributed by atoms with Crippen LogP contribution in [0.5, 0.6) is 0 Å². The van der Waals surface area contributed by atoms with E-state index in [1.54, 1.807) is 13.2 Å².